The van der Waals surface area contributed by atoms with Crippen LogP contribution in [0.25, 0.3) is 0 Å². The Morgan fingerprint density at radius 1 is 0.974 bits per heavy atom. The first-order valence-electron chi connectivity index (χ1n) is 13.6. The van der Waals surface area contributed by atoms with Crippen molar-refractivity contribution in [1.29, 1.82) is 0 Å². The van der Waals surface area contributed by atoms with Gasteiger partial charge in [0.05, 0.1) is 10.4 Å². The van der Waals surface area contributed by atoms with Crippen molar-refractivity contribution in [3.8, 4) is 0 Å². The number of hydrogen-bond acceptors (Lipinski definition) is 6. The molecule has 2 aliphatic heterocycles. The Labute approximate surface area is 231 Å². The summed E-state index contributed by atoms with van der Waals surface area (Å²) in [7, 11) is -1.39. The van der Waals surface area contributed by atoms with Crippen LogP contribution in [0.2, 0.25) is 0 Å². The number of nitrogens with one attached hydrogen (secondary N) is 2. The zero-order valence-corrected chi connectivity index (χ0v) is 24.2. The molecule has 0 amide bonds. The van der Waals surface area contributed by atoms with Gasteiger partial charge < -0.3 is 15.5 Å². The SMILES string of the molecule is Cc1cnc(Nc2ccc(C3CCN(C)CC3)c(F)c2)cc1Nc1ccc2c(c1)N(S(=O)(=O)C(C)(C)C)CC2. The Balaban J connectivity index is 1.34. The van der Waals surface area contributed by atoms with Gasteiger partial charge in [-0.2, -0.15) is 0 Å². The Morgan fingerprint density at radius 3 is 2.36 bits per heavy atom. The van der Waals surface area contributed by atoms with Crippen molar-refractivity contribution in [2.24, 2.45) is 0 Å². The minimum atomic E-state index is -3.49. The molecule has 7 nitrogen and oxygen atoms in total. The molecule has 9 heteroatoms. The minimum Gasteiger partial charge on any atom is -0.355 e. The summed E-state index contributed by atoms with van der Waals surface area (Å²) in [6.07, 6.45) is 4.40. The number of anilines is 5. The van der Waals surface area contributed by atoms with Gasteiger partial charge in [-0.1, -0.05) is 12.1 Å². The Bertz CT molecular complexity index is 1480. The van der Waals surface area contributed by atoms with E-state index in [-0.39, 0.29) is 11.7 Å². The zero-order chi connectivity index (χ0) is 27.9. The van der Waals surface area contributed by atoms with Crippen LogP contribution in [0.1, 0.15) is 56.2 Å². The smallest absolute Gasteiger partial charge is 0.240 e. The van der Waals surface area contributed by atoms with Crippen LogP contribution in [-0.2, 0) is 16.4 Å². The molecule has 5 rings (SSSR count). The quantitative estimate of drug-likeness (QED) is 0.374. The highest BCUT2D eigenvalue weighted by Gasteiger charge is 2.38. The third-order valence-electron chi connectivity index (χ3n) is 7.82. The molecule has 0 radical (unpaired) electrons. The van der Waals surface area contributed by atoms with Crippen LogP contribution in [0.15, 0.2) is 48.7 Å². The second kappa shape index (κ2) is 10.4. The van der Waals surface area contributed by atoms with Crippen molar-refractivity contribution in [1.82, 2.24) is 9.88 Å². The van der Waals surface area contributed by atoms with Gasteiger partial charge >= 0.3 is 0 Å². The highest BCUT2D eigenvalue weighted by Crippen LogP contribution is 2.37. The van der Waals surface area contributed by atoms with Gasteiger partial charge in [0.2, 0.25) is 10.0 Å². The van der Waals surface area contributed by atoms with Gasteiger partial charge in [-0.25, -0.2) is 17.8 Å². The minimum absolute atomic E-state index is 0.187. The third kappa shape index (κ3) is 5.61. The Kier molecular flexibility index (Phi) is 7.33. The molecule has 1 aromatic heterocycles. The fourth-order valence-electron chi connectivity index (χ4n) is 5.29. The molecule has 0 aliphatic carbocycles. The van der Waals surface area contributed by atoms with Gasteiger partial charge in [-0.3, -0.25) is 4.31 Å². The first-order chi connectivity index (χ1) is 18.4. The van der Waals surface area contributed by atoms with Gasteiger partial charge in [0.1, 0.15) is 11.6 Å². The normalized spacial score (nSPS) is 16.8. The zero-order valence-electron chi connectivity index (χ0n) is 23.4. The predicted octanol–water partition coefficient (Wildman–Crippen LogP) is 6.32. The number of aromatic nitrogens is 1. The van der Waals surface area contributed by atoms with Crippen LogP contribution in [0.5, 0.6) is 0 Å². The summed E-state index contributed by atoms with van der Waals surface area (Å²) in [5, 5.41) is 6.66. The molecule has 0 saturated carbocycles. The van der Waals surface area contributed by atoms with E-state index in [4.69, 9.17) is 0 Å². The largest absolute Gasteiger partial charge is 0.355 e. The van der Waals surface area contributed by atoms with E-state index in [2.05, 4.69) is 27.6 Å². The van der Waals surface area contributed by atoms with Crippen molar-refractivity contribution in [3.63, 3.8) is 0 Å². The number of likely N-dealkylation sites (tertiary alicyclic amines) is 1. The van der Waals surface area contributed by atoms with Crippen molar-refractivity contribution < 1.29 is 12.8 Å². The molecule has 2 aliphatic rings. The molecule has 39 heavy (non-hydrogen) atoms. The van der Waals surface area contributed by atoms with Crippen LogP contribution in [-0.4, -0.2) is 49.7 Å². The highest BCUT2D eigenvalue weighted by atomic mass is 32.2. The monoisotopic (exact) mass is 551 g/mol. The van der Waals surface area contributed by atoms with E-state index >= 15 is 4.39 Å². The molecule has 208 valence electrons. The molecule has 0 bridgehead atoms. The van der Waals surface area contributed by atoms with Crippen molar-refractivity contribution >= 4 is 38.6 Å². The fraction of sp³-hybridized carbons (Fsp3) is 0.433. The maximum atomic E-state index is 15.0. The lowest BCUT2D eigenvalue weighted by molar-refractivity contribution is 0.253. The Hall–Kier alpha value is -3.17. The van der Waals surface area contributed by atoms with Crippen molar-refractivity contribution in [2.45, 2.75) is 57.6 Å². The van der Waals surface area contributed by atoms with Crippen molar-refractivity contribution in [2.75, 3.05) is 41.6 Å². The summed E-state index contributed by atoms with van der Waals surface area (Å²) >= 11 is 0. The average molecular weight is 552 g/mol. The van der Waals surface area contributed by atoms with Gasteiger partial charge in [0.25, 0.3) is 0 Å². The summed E-state index contributed by atoms with van der Waals surface area (Å²) < 4.78 is 42.0. The maximum absolute atomic E-state index is 15.0. The van der Waals surface area contributed by atoms with Crippen LogP contribution in [0, 0.1) is 12.7 Å². The maximum Gasteiger partial charge on any atom is 0.240 e. The van der Waals surface area contributed by atoms with Gasteiger partial charge in [0.15, 0.2) is 0 Å². The highest BCUT2D eigenvalue weighted by molar-refractivity contribution is 7.94. The van der Waals surface area contributed by atoms with E-state index in [1.165, 1.54) is 4.31 Å². The van der Waals surface area contributed by atoms with E-state index in [1.54, 1.807) is 33.0 Å². The number of rotatable bonds is 6. The molecule has 0 spiro atoms. The van der Waals surface area contributed by atoms with E-state index in [1.807, 2.05) is 43.3 Å². The topological polar surface area (TPSA) is 77.6 Å². The summed E-state index contributed by atoms with van der Waals surface area (Å²) in [5.74, 6) is 0.658. The number of sulfonamides is 1. The number of aryl methyl sites for hydroxylation is 1. The van der Waals surface area contributed by atoms with Crippen LogP contribution < -0.4 is 14.9 Å². The number of benzene rings is 2. The second-order valence-corrected chi connectivity index (χ2v) is 14.3. The molecule has 1 fully saturated rings. The number of pyridine rings is 1. The van der Waals surface area contributed by atoms with Gasteiger partial charge in [-0.05, 0) is 114 Å². The number of nitrogens with zero attached hydrogens (tertiary/aromatic N) is 3. The van der Waals surface area contributed by atoms with Gasteiger partial charge in [0, 0.05) is 35.9 Å². The summed E-state index contributed by atoms with van der Waals surface area (Å²) in [6, 6.07) is 13.1. The summed E-state index contributed by atoms with van der Waals surface area (Å²) in [4.78, 5) is 6.77. The fourth-order valence-corrected chi connectivity index (χ4v) is 6.72. The summed E-state index contributed by atoms with van der Waals surface area (Å²) in [5.41, 5.74) is 5.73. The van der Waals surface area contributed by atoms with Crippen LogP contribution in [0.4, 0.5) is 33.0 Å². The first-order valence-corrected chi connectivity index (χ1v) is 15.0. The molecular formula is C30H38FN5O2S. The molecule has 3 aromatic rings. The number of halogens is 1. The molecule has 3 heterocycles. The lowest BCUT2D eigenvalue weighted by Crippen LogP contribution is -2.42. The molecule has 2 aromatic carbocycles. The average Bonchev–Trinajstić information content (AvgIpc) is 3.30. The lowest BCUT2D eigenvalue weighted by atomic mass is 9.89. The lowest BCUT2D eigenvalue weighted by Gasteiger charge is -2.29. The third-order valence-corrected chi connectivity index (χ3v) is 10.3. The Morgan fingerprint density at radius 2 is 1.67 bits per heavy atom. The number of hydrogen-bond donors (Lipinski definition) is 2. The number of piperidine rings is 1. The number of fused-ring (bicyclic) bond motifs is 1. The van der Waals surface area contributed by atoms with E-state index < -0.39 is 14.8 Å². The standard InChI is InChI=1S/C30H38FN5O2S/c1-20-19-32-29(34-23-8-9-25(26(31)16-23)21-10-13-35(5)14-11-21)18-27(20)33-24-7-6-22-12-15-36(28(22)17-24)39(37,38)30(2,3)4/h6-9,16-19,21H,10-15H2,1-5H3,(H2,32,33,34). The molecule has 0 unspecified atom stereocenters. The second-order valence-electron chi connectivity index (χ2n) is 11.7. The van der Waals surface area contributed by atoms with E-state index in [0.717, 1.165) is 59.7 Å². The summed E-state index contributed by atoms with van der Waals surface area (Å²) in [6.45, 7) is 9.57. The molecule has 0 atom stereocenters. The van der Waals surface area contributed by atoms with Gasteiger partial charge in [-0.15, -0.1) is 0 Å². The molecule has 1 saturated heterocycles. The van der Waals surface area contributed by atoms with Crippen molar-refractivity contribution in [3.05, 3.63) is 71.2 Å². The molecular weight excluding hydrogens is 513 g/mol. The van der Waals surface area contributed by atoms with Crippen LogP contribution >= 0.6 is 0 Å². The van der Waals surface area contributed by atoms with Crippen LogP contribution in [0.3, 0.4) is 0 Å². The molecule has 2 N–H and O–H groups in total. The van der Waals surface area contributed by atoms with E-state index in [0.29, 0.717) is 24.5 Å². The van der Waals surface area contributed by atoms with E-state index in [9.17, 15) is 8.42 Å². The predicted molar refractivity (Wildman–Crippen MR) is 158 cm³/mol. The first kappa shape index (κ1) is 27.4.